The van der Waals surface area contributed by atoms with Crippen molar-refractivity contribution in [1.82, 2.24) is 24.1 Å². The molecule has 1 saturated heterocycles. The zero-order valence-electron chi connectivity index (χ0n) is 21.1. The molecule has 1 fully saturated rings. The first kappa shape index (κ1) is 24.9. The predicted molar refractivity (Wildman–Crippen MR) is 144 cm³/mol. The third-order valence-corrected chi connectivity index (χ3v) is 7.23. The number of piperidine rings is 1. The van der Waals surface area contributed by atoms with Crippen LogP contribution in [-0.2, 0) is 13.2 Å². The number of alkyl halides is 3. The van der Waals surface area contributed by atoms with E-state index < -0.39 is 17.4 Å². The van der Waals surface area contributed by atoms with Crippen molar-refractivity contribution in [3.63, 3.8) is 0 Å². The fourth-order valence-corrected chi connectivity index (χ4v) is 5.14. The molecule has 39 heavy (non-hydrogen) atoms. The Balaban J connectivity index is 1.45. The quantitative estimate of drug-likeness (QED) is 0.348. The average molecular weight is 534 g/mol. The Hall–Kier alpha value is -4.38. The maximum absolute atomic E-state index is 14.3. The summed E-state index contributed by atoms with van der Waals surface area (Å²) >= 11 is 0. The standard InChI is InChI=1S/C28H26F3N7O/c1-36-16-25(23-13-17(4-8-33-23)19-12-18-5-9-34-26(18)35-15-19)38(27(36)39)21-2-3-24(22(14-21)28(29,30)31)37-10-6-20(32)7-11-37/h2-5,8-9,12-16,20H,6-7,10-11,32H2,1H3,(H,34,35). The van der Waals surface area contributed by atoms with Crippen LogP contribution in [0.4, 0.5) is 18.9 Å². The van der Waals surface area contributed by atoms with Crippen molar-refractivity contribution in [2.45, 2.75) is 25.1 Å². The minimum atomic E-state index is -4.61. The highest BCUT2D eigenvalue weighted by molar-refractivity contribution is 5.82. The van der Waals surface area contributed by atoms with Gasteiger partial charge in [-0.3, -0.25) is 9.55 Å². The van der Waals surface area contributed by atoms with Gasteiger partial charge in [-0.2, -0.15) is 13.2 Å². The van der Waals surface area contributed by atoms with Crippen LogP contribution >= 0.6 is 0 Å². The first-order valence-electron chi connectivity index (χ1n) is 12.6. The van der Waals surface area contributed by atoms with Crippen molar-refractivity contribution < 1.29 is 13.2 Å². The van der Waals surface area contributed by atoms with Crippen LogP contribution in [0.1, 0.15) is 18.4 Å². The van der Waals surface area contributed by atoms with Gasteiger partial charge in [0, 0.05) is 67.6 Å². The highest BCUT2D eigenvalue weighted by Crippen LogP contribution is 2.39. The number of aromatic nitrogens is 5. The molecule has 1 aliphatic heterocycles. The van der Waals surface area contributed by atoms with E-state index in [2.05, 4.69) is 15.0 Å². The molecule has 11 heteroatoms. The van der Waals surface area contributed by atoms with Gasteiger partial charge in [-0.25, -0.2) is 9.78 Å². The molecule has 0 atom stereocenters. The molecule has 1 aromatic carbocycles. The van der Waals surface area contributed by atoms with Crippen molar-refractivity contribution >= 4 is 16.7 Å². The molecular formula is C28H26F3N7O. The number of imidazole rings is 1. The van der Waals surface area contributed by atoms with Gasteiger partial charge in [0.1, 0.15) is 5.65 Å². The Labute approximate surface area is 221 Å². The van der Waals surface area contributed by atoms with Crippen LogP contribution < -0.4 is 16.3 Å². The highest BCUT2D eigenvalue weighted by atomic mass is 19.4. The number of halogens is 3. The average Bonchev–Trinajstić information content (AvgIpc) is 3.52. The second-order valence-electron chi connectivity index (χ2n) is 9.84. The number of hydrogen-bond acceptors (Lipinski definition) is 5. The van der Waals surface area contributed by atoms with Crippen LogP contribution in [0.5, 0.6) is 0 Å². The summed E-state index contributed by atoms with van der Waals surface area (Å²) < 4.78 is 45.4. The van der Waals surface area contributed by atoms with Gasteiger partial charge in [0.15, 0.2) is 0 Å². The molecule has 1 aliphatic rings. The summed E-state index contributed by atoms with van der Waals surface area (Å²) in [6, 6.07) is 11.6. The van der Waals surface area contributed by atoms with Crippen molar-refractivity contribution in [2.75, 3.05) is 18.0 Å². The van der Waals surface area contributed by atoms with Crippen LogP contribution in [0.15, 0.2) is 72.0 Å². The lowest BCUT2D eigenvalue weighted by Gasteiger charge is -2.33. The van der Waals surface area contributed by atoms with Crippen LogP contribution in [0.25, 0.3) is 39.2 Å². The highest BCUT2D eigenvalue weighted by Gasteiger charge is 2.36. The number of pyridine rings is 2. The Morgan fingerprint density at radius 1 is 1.03 bits per heavy atom. The molecule has 200 valence electrons. The van der Waals surface area contributed by atoms with Crippen LogP contribution in [0.3, 0.4) is 0 Å². The Morgan fingerprint density at radius 3 is 2.59 bits per heavy atom. The molecule has 8 nitrogen and oxygen atoms in total. The lowest BCUT2D eigenvalue weighted by Crippen LogP contribution is -2.40. The number of benzene rings is 1. The number of nitrogens with two attached hydrogens (primary N) is 1. The van der Waals surface area contributed by atoms with E-state index in [1.165, 1.54) is 15.2 Å². The maximum atomic E-state index is 14.3. The first-order chi connectivity index (χ1) is 18.7. The van der Waals surface area contributed by atoms with Gasteiger partial charge in [-0.15, -0.1) is 0 Å². The number of H-pyrrole nitrogens is 1. The lowest BCUT2D eigenvalue weighted by atomic mass is 10.0. The second-order valence-corrected chi connectivity index (χ2v) is 9.84. The summed E-state index contributed by atoms with van der Waals surface area (Å²) in [6.07, 6.45) is 3.37. The molecule has 3 N–H and O–H groups in total. The monoisotopic (exact) mass is 533 g/mol. The van der Waals surface area contributed by atoms with Crippen molar-refractivity contribution in [2.24, 2.45) is 12.8 Å². The largest absolute Gasteiger partial charge is 0.418 e. The molecule has 6 rings (SSSR count). The third-order valence-electron chi connectivity index (χ3n) is 7.23. The van der Waals surface area contributed by atoms with Gasteiger partial charge in [-0.1, -0.05) is 0 Å². The molecule has 0 bridgehead atoms. The van der Waals surface area contributed by atoms with Crippen molar-refractivity contribution in [3.8, 4) is 28.2 Å². The molecule has 0 unspecified atom stereocenters. The Kier molecular flexibility index (Phi) is 6.02. The number of anilines is 1. The molecular weight excluding hydrogens is 507 g/mol. The minimum Gasteiger partial charge on any atom is -0.371 e. The Bertz CT molecular complexity index is 1730. The van der Waals surface area contributed by atoms with Crippen molar-refractivity contribution in [3.05, 3.63) is 83.3 Å². The van der Waals surface area contributed by atoms with Gasteiger partial charge in [0.2, 0.25) is 0 Å². The van der Waals surface area contributed by atoms with Crippen molar-refractivity contribution in [1.29, 1.82) is 0 Å². The summed E-state index contributed by atoms with van der Waals surface area (Å²) in [7, 11) is 1.56. The number of fused-ring (bicyclic) bond motifs is 1. The van der Waals surface area contributed by atoms with Gasteiger partial charge in [0.25, 0.3) is 0 Å². The molecule has 5 heterocycles. The van der Waals surface area contributed by atoms with Gasteiger partial charge in [-0.05, 0) is 60.9 Å². The number of rotatable bonds is 4. The van der Waals surface area contributed by atoms with E-state index >= 15 is 0 Å². The summed E-state index contributed by atoms with van der Waals surface area (Å²) in [5.41, 5.74) is 8.15. The maximum Gasteiger partial charge on any atom is 0.418 e. The molecule has 5 aromatic rings. The topological polar surface area (TPSA) is 97.8 Å². The van der Waals surface area contributed by atoms with Crippen LogP contribution in [0, 0.1) is 0 Å². The number of nitrogens with one attached hydrogen (secondary N) is 1. The van der Waals surface area contributed by atoms with E-state index in [1.807, 2.05) is 24.4 Å². The molecule has 0 aliphatic carbocycles. The molecule has 4 aromatic heterocycles. The number of aryl methyl sites for hydroxylation is 1. The zero-order chi connectivity index (χ0) is 27.3. The Morgan fingerprint density at radius 2 is 1.82 bits per heavy atom. The fourth-order valence-electron chi connectivity index (χ4n) is 5.14. The summed E-state index contributed by atoms with van der Waals surface area (Å²) in [4.78, 5) is 26.9. The molecule has 0 radical (unpaired) electrons. The summed E-state index contributed by atoms with van der Waals surface area (Å²) in [5.74, 6) is 0. The predicted octanol–water partition coefficient (Wildman–Crippen LogP) is 4.73. The van der Waals surface area contributed by atoms with Gasteiger partial charge >= 0.3 is 11.9 Å². The second kappa shape index (κ2) is 9.42. The minimum absolute atomic E-state index is 0.00991. The van der Waals surface area contributed by atoms with Gasteiger partial charge < -0.3 is 20.2 Å². The molecule has 0 amide bonds. The normalized spacial score (nSPS) is 14.8. The number of aromatic amines is 1. The summed E-state index contributed by atoms with van der Waals surface area (Å²) in [5, 5.41) is 0.943. The smallest absolute Gasteiger partial charge is 0.371 e. The van der Waals surface area contributed by atoms with E-state index in [1.54, 1.807) is 42.7 Å². The fraction of sp³-hybridized carbons (Fsp3) is 0.250. The lowest BCUT2D eigenvalue weighted by molar-refractivity contribution is -0.137. The third kappa shape index (κ3) is 4.59. The SMILES string of the molecule is Cn1cc(-c2cc(-c3cnc4[nH]ccc4c3)ccn2)n(-c2ccc(N3CCC(N)CC3)c(C(F)(F)F)c2)c1=O. The summed E-state index contributed by atoms with van der Waals surface area (Å²) in [6.45, 7) is 0.889. The number of nitrogens with zero attached hydrogens (tertiary/aromatic N) is 5. The van der Waals surface area contributed by atoms with E-state index in [4.69, 9.17) is 5.73 Å². The first-order valence-corrected chi connectivity index (χ1v) is 12.6. The molecule has 0 spiro atoms. The zero-order valence-corrected chi connectivity index (χ0v) is 21.1. The van der Waals surface area contributed by atoms with E-state index in [0.717, 1.165) is 28.2 Å². The van der Waals surface area contributed by atoms with Gasteiger partial charge in [0.05, 0.1) is 22.6 Å². The van der Waals surface area contributed by atoms with E-state index in [0.29, 0.717) is 37.3 Å². The van der Waals surface area contributed by atoms with E-state index in [9.17, 15) is 18.0 Å². The van der Waals surface area contributed by atoms with Crippen LogP contribution in [-0.4, -0.2) is 43.2 Å². The number of hydrogen-bond donors (Lipinski definition) is 2. The van der Waals surface area contributed by atoms with E-state index in [-0.39, 0.29) is 17.4 Å². The van der Waals surface area contributed by atoms with Crippen LogP contribution in [0.2, 0.25) is 0 Å². The molecule has 0 saturated carbocycles.